The lowest BCUT2D eigenvalue weighted by molar-refractivity contribution is -0.146. The molecule has 0 aromatic rings. The second-order valence-corrected chi connectivity index (χ2v) is 1.20. The molecule has 6 nitrogen and oxygen atoms in total. The molecule has 5 N–H and O–H groups in total. The summed E-state index contributed by atoms with van der Waals surface area (Å²) in [6, 6.07) is 0. The third-order valence-corrected chi connectivity index (χ3v) is 0.487. The summed E-state index contributed by atoms with van der Waals surface area (Å²) in [5.74, 6) is -1.44. The van der Waals surface area contributed by atoms with Crippen molar-refractivity contribution in [3.63, 3.8) is 0 Å². The van der Waals surface area contributed by atoms with Crippen LogP contribution in [0.5, 0.6) is 0 Å². The van der Waals surface area contributed by atoms with E-state index < -0.39 is 18.3 Å². The van der Waals surface area contributed by atoms with E-state index in [1.165, 1.54) is 0 Å². The number of amides is 1. The Bertz CT molecular complexity index is 134. The fourth-order valence-electron chi connectivity index (χ4n) is 0.176. The molecule has 0 saturated heterocycles. The quantitative estimate of drug-likeness (QED) is 0.395. The lowest BCUT2D eigenvalue weighted by Gasteiger charge is -2.03. The topological polar surface area (TPSA) is 116 Å². The molecule has 0 aromatic heterocycles. The van der Waals surface area contributed by atoms with Crippen LogP contribution in [0.1, 0.15) is 0 Å². The molecule has 0 spiro atoms. The van der Waals surface area contributed by atoms with E-state index in [9.17, 15) is 9.59 Å². The molecule has 52 valence electrons. The van der Waals surface area contributed by atoms with Crippen molar-refractivity contribution in [1.82, 2.24) is 0 Å². The Morgan fingerprint density at radius 2 is 2.00 bits per heavy atom. The molecule has 0 bridgehead atoms. The largest absolute Gasteiger partial charge is 0.477 e. The van der Waals surface area contributed by atoms with Gasteiger partial charge in [-0.2, -0.15) is 0 Å². The lowest BCUT2D eigenvalue weighted by atomic mass is 10.6. The predicted octanol–water partition coefficient (Wildman–Crippen LogP) is -1.55. The minimum absolute atomic E-state index is 1.20. The van der Waals surface area contributed by atoms with E-state index in [2.05, 4.69) is 10.5 Å². The molecule has 0 aliphatic heterocycles. The Balaban J connectivity index is 3.63. The number of carbonyl (C=O) groups excluding carboxylic acids is 1. The van der Waals surface area contributed by atoms with Gasteiger partial charge in [0.2, 0.25) is 0 Å². The molecule has 1 amide bonds. The zero-order chi connectivity index (χ0) is 7.44. The van der Waals surface area contributed by atoms with Gasteiger partial charge in [0.25, 0.3) is 6.23 Å². The van der Waals surface area contributed by atoms with E-state index in [4.69, 9.17) is 10.8 Å². The van der Waals surface area contributed by atoms with Crippen LogP contribution in [0.25, 0.3) is 0 Å². The molecule has 9 heavy (non-hydrogen) atoms. The highest BCUT2D eigenvalue weighted by Crippen LogP contribution is 1.80. The van der Waals surface area contributed by atoms with Gasteiger partial charge in [0.05, 0.1) is 0 Å². The second kappa shape index (κ2) is 2.88. The van der Waals surface area contributed by atoms with Crippen LogP contribution in [-0.4, -0.2) is 23.4 Å². The highest BCUT2D eigenvalue weighted by molar-refractivity contribution is 5.75. The maximum absolute atomic E-state index is 9.78. The standard InChI is InChI=1S/C3H6N2O4/c4-1(2(6)7)9-3(5)8/h1H,4H2,(H2,5,8)(H,6,7). The molecule has 1 unspecified atom stereocenters. The van der Waals surface area contributed by atoms with Crippen molar-refractivity contribution >= 4 is 12.1 Å². The third-order valence-electron chi connectivity index (χ3n) is 0.487. The Hall–Kier alpha value is -1.30. The molecular formula is C3H6N2O4. The van der Waals surface area contributed by atoms with Crippen molar-refractivity contribution < 1.29 is 19.4 Å². The monoisotopic (exact) mass is 134 g/mol. The average Bonchev–Trinajstić information content (AvgIpc) is 1.63. The van der Waals surface area contributed by atoms with E-state index in [1.54, 1.807) is 0 Å². The SMILES string of the molecule is NC(=O)OC(N)C(=O)O. The number of hydrogen-bond acceptors (Lipinski definition) is 4. The van der Waals surface area contributed by atoms with Crippen LogP contribution in [0, 0.1) is 0 Å². The predicted molar refractivity (Wildman–Crippen MR) is 26.3 cm³/mol. The first-order valence-electron chi connectivity index (χ1n) is 1.98. The molecule has 0 rings (SSSR count). The average molecular weight is 134 g/mol. The number of hydrogen-bond donors (Lipinski definition) is 3. The Labute approximate surface area is 50.4 Å². The van der Waals surface area contributed by atoms with Gasteiger partial charge in [0, 0.05) is 0 Å². The van der Waals surface area contributed by atoms with Crippen LogP contribution in [0.15, 0.2) is 0 Å². The number of primary amides is 1. The van der Waals surface area contributed by atoms with Crippen LogP contribution < -0.4 is 11.5 Å². The molecule has 1 atom stereocenters. The van der Waals surface area contributed by atoms with Gasteiger partial charge in [-0.15, -0.1) is 0 Å². The van der Waals surface area contributed by atoms with Crippen LogP contribution in [0.3, 0.4) is 0 Å². The number of rotatable bonds is 2. The van der Waals surface area contributed by atoms with Crippen LogP contribution >= 0.6 is 0 Å². The zero-order valence-corrected chi connectivity index (χ0v) is 4.40. The summed E-state index contributed by atoms with van der Waals surface area (Å²) in [5.41, 5.74) is 9.12. The van der Waals surface area contributed by atoms with E-state index in [1.807, 2.05) is 0 Å². The molecule has 0 aliphatic rings. The number of nitrogens with two attached hydrogens (primary N) is 2. The third kappa shape index (κ3) is 3.30. The van der Waals surface area contributed by atoms with Crippen LogP contribution in [-0.2, 0) is 9.53 Å². The molecule has 0 aliphatic carbocycles. The van der Waals surface area contributed by atoms with Crippen molar-refractivity contribution in [1.29, 1.82) is 0 Å². The number of ether oxygens (including phenoxy) is 1. The first-order chi connectivity index (χ1) is 4.04. The number of carbonyl (C=O) groups is 2. The zero-order valence-electron chi connectivity index (χ0n) is 4.40. The summed E-state index contributed by atoms with van der Waals surface area (Å²) in [7, 11) is 0. The van der Waals surface area contributed by atoms with Crippen molar-refractivity contribution in [2.75, 3.05) is 0 Å². The smallest absolute Gasteiger partial charge is 0.406 e. The first kappa shape index (κ1) is 7.70. The molecule has 6 heteroatoms. The van der Waals surface area contributed by atoms with Gasteiger partial charge in [-0.1, -0.05) is 0 Å². The summed E-state index contributed by atoms with van der Waals surface area (Å²) < 4.78 is 3.83. The lowest BCUT2D eigenvalue weighted by Crippen LogP contribution is -2.36. The van der Waals surface area contributed by atoms with Gasteiger partial charge in [0.1, 0.15) is 0 Å². The summed E-state index contributed by atoms with van der Waals surface area (Å²) >= 11 is 0. The van der Waals surface area contributed by atoms with E-state index in [0.29, 0.717) is 0 Å². The minimum atomic E-state index is -1.66. The fourth-order valence-corrected chi connectivity index (χ4v) is 0.176. The summed E-state index contributed by atoms with van der Waals surface area (Å²) in [5, 5.41) is 7.97. The maximum atomic E-state index is 9.78. The maximum Gasteiger partial charge on any atom is 0.406 e. The first-order valence-corrected chi connectivity index (χ1v) is 1.98. The Morgan fingerprint density at radius 3 is 2.11 bits per heavy atom. The van der Waals surface area contributed by atoms with Crippen LogP contribution in [0.2, 0.25) is 0 Å². The van der Waals surface area contributed by atoms with Crippen LogP contribution in [0.4, 0.5) is 4.79 Å². The number of carboxylic acids is 1. The second-order valence-electron chi connectivity index (χ2n) is 1.20. The molecular weight excluding hydrogens is 128 g/mol. The van der Waals surface area contributed by atoms with E-state index in [0.717, 1.165) is 0 Å². The van der Waals surface area contributed by atoms with Gasteiger partial charge >= 0.3 is 12.1 Å². The van der Waals surface area contributed by atoms with Gasteiger partial charge < -0.3 is 15.6 Å². The van der Waals surface area contributed by atoms with Gasteiger partial charge in [-0.05, 0) is 0 Å². The fraction of sp³-hybridized carbons (Fsp3) is 0.333. The molecule has 0 aromatic carbocycles. The Morgan fingerprint density at radius 1 is 1.56 bits per heavy atom. The number of carboxylic acid groups (broad SMARTS) is 1. The number of aliphatic carboxylic acids is 1. The van der Waals surface area contributed by atoms with Gasteiger partial charge in [0.15, 0.2) is 0 Å². The molecule has 0 heterocycles. The summed E-state index contributed by atoms with van der Waals surface area (Å²) in [6.45, 7) is 0. The van der Waals surface area contributed by atoms with Crippen molar-refractivity contribution in [2.24, 2.45) is 11.5 Å². The van der Waals surface area contributed by atoms with Gasteiger partial charge in [-0.3, -0.25) is 5.73 Å². The van der Waals surface area contributed by atoms with E-state index >= 15 is 0 Å². The van der Waals surface area contributed by atoms with Crippen molar-refractivity contribution in [3.8, 4) is 0 Å². The normalized spacial score (nSPS) is 12.1. The highest BCUT2D eigenvalue weighted by Gasteiger charge is 2.13. The summed E-state index contributed by atoms with van der Waals surface area (Å²) in [4.78, 5) is 19.5. The van der Waals surface area contributed by atoms with Crippen molar-refractivity contribution in [3.05, 3.63) is 0 Å². The minimum Gasteiger partial charge on any atom is -0.477 e. The summed E-state index contributed by atoms with van der Waals surface area (Å²) in [6.07, 6.45) is -2.87. The molecule has 0 saturated carbocycles. The molecule has 0 radical (unpaired) electrons. The molecule has 0 fully saturated rings. The highest BCUT2D eigenvalue weighted by atomic mass is 16.6. The Kier molecular flexibility index (Phi) is 2.46. The van der Waals surface area contributed by atoms with E-state index in [-0.39, 0.29) is 0 Å². The van der Waals surface area contributed by atoms with Crippen molar-refractivity contribution in [2.45, 2.75) is 6.23 Å². The van der Waals surface area contributed by atoms with Gasteiger partial charge in [-0.25, -0.2) is 9.59 Å².